The summed E-state index contributed by atoms with van der Waals surface area (Å²) < 4.78 is 1.18. The molecule has 1 aliphatic rings. The number of rotatable bonds is 5. The van der Waals surface area contributed by atoms with Crippen molar-refractivity contribution in [2.75, 3.05) is 43.4 Å². The third-order valence-corrected chi connectivity index (χ3v) is 7.14. The Bertz CT molecular complexity index is 1640. The van der Waals surface area contributed by atoms with Gasteiger partial charge in [0.1, 0.15) is 16.9 Å². The van der Waals surface area contributed by atoms with Crippen LogP contribution in [0.1, 0.15) is 0 Å². The minimum absolute atomic E-state index is 0.261. The van der Waals surface area contributed by atoms with Crippen molar-refractivity contribution in [1.82, 2.24) is 34.8 Å². The summed E-state index contributed by atoms with van der Waals surface area (Å²) in [6, 6.07) is 14.9. The van der Waals surface area contributed by atoms with E-state index in [9.17, 15) is 4.79 Å². The van der Waals surface area contributed by atoms with Crippen LogP contribution < -0.4 is 15.8 Å². The number of aromatic amines is 1. The fraction of sp³-hybridized carbons (Fsp3) is 0.192. The molecule has 0 unspecified atom stereocenters. The van der Waals surface area contributed by atoms with Gasteiger partial charge in [0, 0.05) is 49.9 Å². The average molecular weight is 548 g/mol. The zero-order valence-corrected chi connectivity index (χ0v) is 21.9. The van der Waals surface area contributed by atoms with Crippen LogP contribution in [0.5, 0.6) is 0 Å². The van der Waals surface area contributed by atoms with Gasteiger partial charge in [-0.25, -0.2) is 9.97 Å². The van der Waals surface area contributed by atoms with Crippen LogP contribution in [0.25, 0.3) is 28.0 Å². The van der Waals surface area contributed by atoms with Gasteiger partial charge < -0.3 is 15.1 Å². The maximum Gasteiger partial charge on any atom is 0.282 e. The van der Waals surface area contributed by atoms with Gasteiger partial charge in [0.15, 0.2) is 0 Å². The molecule has 1 saturated heterocycles. The molecule has 0 bridgehead atoms. The first-order chi connectivity index (χ1) is 18.5. The van der Waals surface area contributed by atoms with Gasteiger partial charge in [-0.05, 0) is 49.5 Å². The van der Waals surface area contributed by atoms with Gasteiger partial charge in [0.05, 0.1) is 21.1 Å². The van der Waals surface area contributed by atoms with Gasteiger partial charge in [-0.15, -0.1) is 0 Å². The maximum atomic E-state index is 13.5. The summed E-state index contributed by atoms with van der Waals surface area (Å²) >= 11 is 12.8. The van der Waals surface area contributed by atoms with E-state index in [1.54, 1.807) is 30.5 Å². The lowest BCUT2D eigenvalue weighted by molar-refractivity contribution is 0.313. The Morgan fingerprint density at radius 3 is 2.39 bits per heavy atom. The Morgan fingerprint density at radius 2 is 1.71 bits per heavy atom. The van der Waals surface area contributed by atoms with Gasteiger partial charge in [-0.3, -0.25) is 9.89 Å². The van der Waals surface area contributed by atoms with E-state index in [1.165, 1.54) is 16.6 Å². The summed E-state index contributed by atoms with van der Waals surface area (Å²) in [4.78, 5) is 27.3. The van der Waals surface area contributed by atoms with Gasteiger partial charge in [0.2, 0.25) is 5.95 Å². The predicted octanol–water partition coefficient (Wildman–Crippen LogP) is 4.37. The number of likely N-dealkylation sites (N-methyl/N-ethyl adjacent to an activating group) is 1. The molecule has 10 nitrogen and oxygen atoms in total. The van der Waals surface area contributed by atoms with Gasteiger partial charge in [0.25, 0.3) is 5.56 Å². The van der Waals surface area contributed by atoms with Gasteiger partial charge in [-0.1, -0.05) is 29.3 Å². The molecule has 1 fully saturated rings. The van der Waals surface area contributed by atoms with E-state index in [0.29, 0.717) is 32.9 Å². The number of aromatic nitrogens is 6. The second-order valence-corrected chi connectivity index (χ2v) is 9.84. The summed E-state index contributed by atoms with van der Waals surface area (Å²) in [5.74, 6) is 0.334. The molecule has 12 heteroatoms. The van der Waals surface area contributed by atoms with Crippen LogP contribution in [0.2, 0.25) is 10.0 Å². The normalized spacial score (nSPS) is 14.2. The first-order valence-corrected chi connectivity index (χ1v) is 12.8. The van der Waals surface area contributed by atoms with Crippen LogP contribution in [0.3, 0.4) is 0 Å². The molecule has 6 rings (SSSR count). The maximum absolute atomic E-state index is 13.5. The largest absolute Gasteiger partial charge is 0.369 e. The molecule has 4 heterocycles. The summed E-state index contributed by atoms with van der Waals surface area (Å²) in [6.07, 6.45) is 3.08. The summed E-state index contributed by atoms with van der Waals surface area (Å²) in [7, 11) is 2.14. The molecule has 5 aromatic rings. The Balaban J connectivity index is 1.38. The van der Waals surface area contributed by atoms with Crippen molar-refractivity contribution in [2.24, 2.45) is 0 Å². The summed E-state index contributed by atoms with van der Waals surface area (Å²) in [5, 5.41) is 15.6. The third-order valence-electron chi connectivity index (χ3n) is 6.53. The molecular weight excluding hydrogens is 525 g/mol. The van der Waals surface area contributed by atoms with E-state index in [2.05, 4.69) is 59.6 Å². The van der Waals surface area contributed by atoms with Crippen molar-refractivity contribution in [2.45, 2.75) is 0 Å². The van der Waals surface area contributed by atoms with Crippen molar-refractivity contribution in [3.05, 3.63) is 81.3 Å². The van der Waals surface area contributed by atoms with Crippen molar-refractivity contribution < 1.29 is 0 Å². The Morgan fingerprint density at radius 1 is 0.974 bits per heavy atom. The predicted molar refractivity (Wildman–Crippen MR) is 150 cm³/mol. The first-order valence-electron chi connectivity index (χ1n) is 12.0. The molecule has 2 aromatic carbocycles. The topological polar surface area (TPSA) is 108 Å². The van der Waals surface area contributed by atoms with Gasteiger partial charge >= 0.3 is 0 Å². The lowest BCUT2D eigenvalue weighted by atomic mass is 10.2. The van der Waals surface area contributed by atoms with E-state index in [-0.39, 0.29) is 11.1 Å². The van der Waals surface area contributed by atoms with Gasteiger partial charge in [-0.2, -0.15) is 14.9 Å². The van der Waals surface area contributed by atoms with Crippen LogP contribution in [-0.4, -0.2) is 68.1 Å². The number of hydrogen-bond donors (Lipinski definition) is 2. The highest BCUT2D eigenvalue weighted by molar-refractivity contribution is 6.37. The number of anilines is 3. The number of piperazine rings is 1. The van der Waals surface area contributed by atoms with E-state index in [1.807, 2.05) is 12.1 Å². The monoisotopic (exact) mass is 547 g/mol. The molecule has 0 radical (unpaired) electrons. The summed E-state index contributed by atoms with van der Waals surface area (Å²) in [5.41, 5.74) is 3.19. The number of fused-ring (bicyclic) bond motifs is 1. The van der Waals surface area contributed by atoms with Crippen LogP contribution in [-0.2, 0) is 0 Å². The van der Waals surface area contributed by atoms with Crippen LogP contribution in [0.15, 0.2) is 65.7 Å². The highest BCUT2D eigenvalue weighted by Crippen LogP contribution is 2.29. The molecular formula is C26H23Cl2N9O. The molecule has 0 atom stereocenters. The summed E-state index contributed by atoms with van der Waals surface area (Å²) in [6.45, 7) is 4.08. The minimum Gasteiger partial charge on any atom is -0.369 e. The minimum atomic E-state index is -0.443. The standard InChI is InChI=1S/C26H23Cl2N9O/c1-35-11-13-36(14-12-35)17-7-5-16(6-8-17)31-26-29-15-18-22(32-26)23(21-9-10-30-33-21)34-37(25(18)38)24-19(27)3-2-4-20(24)28/h2-10,15H,11-14H2,1H3,(H,30,33)(H,29,31,32). The van der Waals surface area contributed by atoms with E-state index >= 15 is 0 Å². The second-order valence-electron chi connectivity index (χ2n) is 9.02. The van der Waals surface area contributed by atoms with Crippen LogP contribution in [0.4, 0.5) is 17.3 Å². The number of halogens is 2. The highest BCUT2D eigenvalue weighted by atomic mass is 35.5. The van der Waals surface area contributed by atoms with E-state index < -0.39 is 5.56 Å². The molecule has 2 N–H and O–H groups in total. The molecule has 0 spiro atoms. The number of H-pyrrole nitrogens is 1. The zero-order valence-electron chi connectivity index (χ0n) is 20.4. The van der Waals surface area contributed by atoms with Crippen molar-refractivity contribution in [3.63, 3.8) is 0 Å². The lowest BCUT2D eigenvalue weighted by Crippen LogP contribution is -2.44. The fourth-order valence-corrected chi connectivity index (χ4v) is 5.00. The Hall–Kier alpha value is -3.99. The molecule has 192 valence electrons. The molecule has 0 saturated carbocycles. The van der Waals surface area contributed by atoms with E-state index in [4.69, 9.17) is 23.2 Å². The molecule has 38 heavy (non-hydrogen) atoms. The Kier molecular flexibility index (Phi) is 6.44. The SMILES string of the molecule is CN1CCN(c2ccc(Nc3ncc4c(=O)n(-c5c(Cl)cccc5Cl)nc(-c5ccn[nH]5)c4n3)cc2)CC1. The smallest absolute Gasteiger partial charge is 0.282 e. The lowest BCUT2D eigenvalue weighted by Gasteiger charge is -2.34. The quantitative estimate of drug-likeness (QED) is 0.334. The molecule has 3 aromatic heterocycles. The number of para-hydroxylation sites is 1. The fourth-order valence-electron chi connectivity index (χ4n) is 4.45. The number of hydrogen-bond acceptors (Lipinski definition) is 8. The number of nitrogens with zero attached hydrogens (tertiary/aromatic N) is 7. The molecule has 0 amide bonds. The van der Waals surface area contributed by atoms with Crippen molar-refractivity contribution >= 4 is 51.4 Å². The molecule has 0 aliphatic carbocycles. The first kappa shape index (κ1) is 24.4. The second kappa shape index (κ2) is 10.1. The van der Waals surface area contributed by atoms with Crippen molar-refractivity contribution in [1.29, 1.82) is 0 Å². The number of nitrogens with one attached hydrogen (secondary N) is 2. The third kappa shape index (κ3) is 4.58. The highest BCUT2D eigenvalue weighted by Gasteiger charge is 2.20. The average Bonchev–Trinajstić information content (AvgIpc) is 3.46. The van der Waals surface area contributed by atoms with Crippen LogP contribution in [0, 0.1) is 0 Å². The Labute approximate surface area is 227 Å². The van der Waals surface area contributed by atoms with E-state index in [0.717, 1.165) is 31.9 Å². The molecule has 1 aliphatic heterocycles. The number of benzene rings is 2. The van der Waals surface area contributed by atoms with Crippen LogP contribution >= 0.6 is 23.2 Å². The zero-order chi connectivity index (χ0) is 26.2. The van der Waals surface area contributed by atoms with Crippen molar-refractivity contribution in [3.8, 4) is 17.1 Å².